The smallest absolute Gasteiger partial charge is 0.242 e. The Kier molecular flexibility index (Phi) is 3.90. The molecule has 0 aliphatic rings. The first-order valence-corrected chi connectivity index (χ1v) is 6.57. The first-order valence-electron chi connectivity index (χ1n) is 6.57. The van der Waals surface area contributed by atoms with Crippen molar-refractivity contribution in [1.82, 2.24) is 9.47 Å². The molecule has 2 rings (SSSR count). The number of hydrogen-bond donors (Lipinski definition) is 1. The van der Waals surface area contributed by atoms with E-state index in [0.717, 1.165) is 16.5 Å². The topological polar surface area (TPSA) is 51.3 Å². The largest absolute Gasteiger partial charge is 0.342 e. The number of likely N-dealkylation sites (N-methyl/N-ethyl adjacent to an activating group) is 1. The Morgan fingerprint density at radius 1 is 1.37 bits per heavy atom. The standard InChI is InChI=1S/C15H21N3O/c1-11(2)17(3)15(19)10-18-9-12(8-16)13-6-4-5-7-14(13)18/h4-7,9,11H,8,10,16H2,1-3H3. The van der Waals surface area contributed by atoms with Gasteiger partial charge in [-0.05, 0) is 25.5 Å². The lowest BCUT2D eigenvalue weighted by Crippen LogP contribution is -2.35. The van der Waals surface area contributed by atoms with Gasteiger partial charge in [-0.25, -0.2) is 0 Å². The number of nitrogens with zero attached hydrogens (tertiary/aromatic N) is 2. The Bertz CT molecular complexity index is 586. The average Bonchev–Trinajstić information content (AvgIpc) is 2.76. The molecule has 0 unspecified atom stereocenters. The maximum atomic E-state index is 12.2. The molecule has 0 fully saturated rings. The van der Waals surface area contributed by atoms with Crippen molar-refractivity contribution in [2.75, 3.05) is 7.05 Å². The molecule has 2 N–H and O–H groups in total. The number of aromatic nitrogens is 1. The van der Waals surface area contributed by atoms with Crippen LogP contribution in [0.2, 0.25) is 0 Å². The molecule has 1 heterocycles. The third kappa shape index (κ3) is 2.63. The van der Waals surface area contributed by atoms with E-state index in [1.807, 2.05) is 55.9 Å². The minimum atomic E-state index is 0.110. The molecule has 4 heteroatoms. The number of para-hydroxylation sites is 1. The van der Waals surface area contributed by atoms with E-state index in [-0.39, 0.29) is 11.9 Å². The number of hydrogen-bond acceptors (Lipinski definition) is 2. The van der Waals surface area contributed by atoms with Crippen LogP contribution < -0.4 is 5.73 Å². The molecule has 0 saturated carbocycles. The van der Waals surface area contributed by atoms with Gasteiger partial charge >= 0.3 is 0 Å². The fraction of sp³-hybridized carbons (Fsp3) is 0.400. The van der Waals surface area contributed by atoms with Crippen LogP contribution in [0, 0.1) is 0 Å². The second-order valence-corrected chi connectivity index (χ2v) is 5.10. The van der Waals surface area contributed by atoms with Crippen molar-refractivity contribution < 1.29 is 4.79 Å². The van der Waals surface area contributed by atoms with Gasteiger partial charge in [0.05, 0.1) is 0 Å². The zero-order valence-corrected chi connectivity index (χ0v) is 11.8. The summed E-state index contributed by atoms with van der Waals surface area (Å²) < 4.78 is 1.98. The highest BCUT2D eigenvalue weighted by atomic mass is 16.2. The molecule has 0 aliphatic heterocycles. The quantitative estimate of drug-likeness (QED) is 0.912. The lowest BCUT2D eigenvalue weighted by atomic mass is 10.2. The summed E-state index contributed by atoms with van der Waals surface area (Å²) in [5.74, 6) is 0.110. The van der Waals surface area contributed by atoms with Gasteiger partial charge in [0.2, 0.25) is 5.91 Å². The van der Waals surface area contributed by atoms with E-state index >= 15 is 0 Å². The van der Waals surface area contributed by atoms with E-state index in [9.17, 15) is 4.79 Å². The third-order valence-corrected chi connectivity index (χ3v) is 3.56. The molecule has 0 spiro atoms. The molecule has 4 nitrogen and oxygen atoms in total. The second-order valence-electron chi connectivity index (χ2n) is 5.10. The zero-order valence-electron chi connectivity index (χ0n) is 11.8. The number of carbonyl (C=O) groups is 1. The van der Waals surface area contributed by atoms with Crippen molar-refractivity contribution in [3.05, 3.63) is 36.0 Å². The maximum absolute atomic E-state index is 12.2. The number of amides is 1. The van der Waals surface area contributed by atoms with Gasteiger partial charge in [-0.3, -0.25) is 4.79 Å². The van der Waals surface area contributed by atoms with E-state index in [0.29, 0.717) is 13.1 Å². The summed E-state index contributed by atoms with van der Waals surface area (Å²) >= 11 is 0. The summed E-state index contributed by atoms with van der Waals surface area (Å²) in [4.78, 5) is 13.9. The van der Waals surface area contributed by atoms with Gasteiger partial charge in [-0.1, -0.05) is 18.2 Å². The Morgan fingerprint density at radius 3 is 2.68 bits per heavy atom. The van der Waals surface area contributed by atoms with Crippen molar-refractivity contribution >= 4 is 16.8 Å². The molecule has 0 aliphatic carbocycles. The number of rotatable bonds is 4. The van der Waals surface area contributed by atoms with Crippen molar-refractivity contribution in [1.29, 1.82) is 0 Å². The zero-order chi connectivity index (χ0) is 14.0. The predicted molar refractivity (Wildman–Crippen MR) is 77.7 cm³/mol. The molecule has 19 heavy (non-hydrogen) atoms. The summed E-state index contributed by atoms with van der Waals surface area (Å²) in [6, 6.07) is 8.26. The molecule has 0 atom stereocenters. The van der Waals surface area contributed by atoms with E-state index < -0.39 is 0 Å². The van der Waals surface area contributed by atoms with E-state index in [1.54, 1.807) is 4.90 Å². The lowest BCUT2D eigenvalue weighted by Gasteiger charge is -2.21. The first kappa shape index (κ1) is 13.6. The van der Waals surface area contributed by atoms with Gasteiger partial charge in [0.25, 0.3) is 0 Å². The number of carbonyl (C=O) groups excluding carboxylic acids is 1. The van der Waals surface area contributed by atoms with Crippen LogP contribution in [0.4, 0.5) is 0 Å². The van der Waals surface area contributed by atoms with E-state index in [4.69, 9.17) is 5.73 Å². The van der Waals surface area contributed by atoms with Gasteiger partial charge in [0.15, 0.2) is 0 Å². The SMILES string of the molecule is CC(C)N(C)C(=O)Cn1cc(CN)c2ccccc21. The van der Waals surface area contributed by atoms with Crippen LogP contribution >= 0.6 is 0 Å². The van der Waals surface area contributed by atoms with Crippen LogP contribution in [-0.2, 0) is 17.9 Å². The minimum absolute atomic E-state index is 0.110. The second kappa shape index (κ2) is 5.45. The number of fused-ring (bicyclic) bond motifs is 1. The molecule has 0 bridgehead atoms. The molecule has 2 aromatic rings. The Balaban J connectivity index is 2.33. The molecule has 102 valence electrons. The van der Waals surface area contributed by atoms with Crippen molar-refractivity contribution in [2.24, 2.45) is 5.73 Å². The molecular weight excluding hydrogens is 238 g/mol. The van der Waals surface area contributed by atoms with Crippen LogP contribution in [0.5, 0.6) is 0 Å². The molecule has 0 radical (unpaired) electrons. The highest BCUT2D eigenvalue weighted by Crippen LogP contribution is 2.21. The van der Waals surface area contributed by atoms with E-state index in [2.05, 4.69) is 0 Å². The van der Waals surface area contributed by atoms with Crippen LogP contribution in [0.3, 0.4) is 0 Å². The molecule has 1 aromatic carbocycles. The number of nitrogens with two attached hydrogens (primary N) is 1. The fourth-order valence-electron chi connectivity index (χ4n) is 2.16. The lowest BCUT2D eigenvalue weighted by molar-refractivity contribution is -0.131. The van der Waals surface area contributed by atoms with E-state index in [1.165, 1.54) is 0 Å². The monoisotopic (exact) mass is 259 g/mol. The van der Waals surface area contributed by atoms with Gasteiger partial charge in [0, 0.05) is 36.7 Å². The van der Waals surface area contributed by atoms with Gasteiger partial charge < -0.3 is 15.2 Å². The normalized spacial score (nSPS) is 11.2. The molecule has 1 aromatic heterocycles. The van der Waals surface area contributed by atoms with Crippen molar-refractivity contribution in [3.63, 3.8) is 0 Å². The maximum Gasteiger partial charge on any atom is 0.242 e. The van der Waals surface area contributed by atoms with Crippen LogP contribution in [-0.4, -0.2) is 28.5 Å². The Labute approximate surface area is 113 Å². The van der Waals surface area contributed by atoms with Crippen LogP contribution in [0.1, 0.15) is 19.4 Å². The summed E-state index contributed by atoms with van der Waals surface area (Å²) in [6.45, 7) is 4.87. The highest BCUT2D eigenvalue weighted by Gasteiger charge is 2.14. The fourth-order valence-corrected chi connectivity index (χ4v) is 2.16. The van der Waals surface area contributed by atoms with Gasteiger partial charge in [0.1, 0.15) is 6.54 Å². The summed E-state index contributed by atoms with van der Waals surface area (Å²) in [5, 5.41) is 1.13. The highest BCUT2D eigenvalue weighted by molar-refractivity contribution is 5.86. The Morgan fingerprint density at radius 2 is 2.05 bits per heavy atom. The average molecular weight is 259 g/mol. The summed E-state index contributed by atoms with van der Waals surface area (Å²) in [6.07, 6.45) is 1.98. The summed E-state index contributed by atoms with van der Waals surface area (Å²) in [7, 11) is 1.84. The van der Waals surface area contributed by atoms with Gasteiger partial charge in [-0.2, -0.15) is 0 Å². The molecule has 0 saturated heterocycles. The molecular formula is C15H21N3O. The first-order chi connectivity index (χ1) is 9.04. The predicted octanol–water partition coefficient (Wildman–Crippen LogP) is 1.97. The van der Waals surface area contributed by atoms with Crippen molar-refractivity contribution in [3.8, 4) is 0 Å². The Hall–Kier alpha value is -1.81. The van der Waals surface area contributed by atoms with Crippen molar-refractivity contribution in [2.45, 2.75) is 33.0 Å². The summed E-state index contributed by atoms with van der Waals surface area (Å²) in [5.41, 5.74) is 7.90. The van der Waals surface area contributed by atoms with Crippen LogP contribution in [0.15, 0.2) is 30.5 Å². The molecule has 1 amide bonds. The third-order valence-electron chi connectivity index (χ3n) is 3.56. The van der Waals surface area contributed by atoms with Crippen LogP contribution in [0.25, 0.3) is 10.9 Å². The van der Waals surface area contributed by atoms with Gasteiger partial charge in [-0.15, -0.1) is 0 Å². The number of benzene rings is 1. The minimum Gasteiger partial charge on any atom is -0.342 e.